The van der Waals surface area contributed by atoms with Gasteiger partial charge in [0.05, 0.1) is 16.9 Å². The number of rotatable bonds is 3. The van der Waals surface area contributed by atoms with Crippen molar-refractivity contribution < 1.29 is 14.0 Å². The third kappa shape index (κ3) is 2.38. The van der Waals surface area contributed by atoms with E-state index in [-0.39, 0.29) is 5.76 Å². The zero-order valence-electron chi connectivity index (χ0n) is 8.54. The molecule has 0 aromatic carbocycles. The Morgan fingerprint density at radius 1 is 1.44 bits per heavy atom. The van der Waals surface area contributed by atoms with Crippen molar-refractivity contribution in [2.45, 2.75) is 6.92 Å². The molecule has 4 nitrogen and oxygen atoms in total. The van der Waals surface area contributed by atoms with Crippen LogP contribution in [0, 0.1) is 0 Å². The molecule has 0 aliphatic heterocycles. The van der Waals surface area contributed by atoms with E-state index in [4.69, 9.17) is 9.25 Å². The third-order valence-corrected chi connectivity index (χ3v) is 2.84. The zero-order chi connectivity index (χ0) is 11.4. The number of furan rings is 1. The van der Waals surface area contributed by atoms with Crippen LogP contribution in [0.1, 0.15) is 22.4 Å². The van der Waals surface area contributed by atoms with Crippen molar-refractivity contribution in [2.24, 2.45) is 5.16 Å². The Morgan fingerprint density at radius 3 is 2.94 bits per heavy atom. The summed E-state index contributed by atoms with van der Waals surface area (Å²) in [5.41, 5.74) is 0.662. The van der Waals surface area contributed by atoms with E-state index in [1.165, 1.54) is 23.7 Å². The van der Waals surface area contributed by atoms with Crippen LogP contribution in [0.3, 0.4) is 0 Å². The number of hydrogen-bond donors (Lipinski definition) is 0. The Labute approximate surface area is 96.1 Å². The van der Waals surface area contributed by atoms with Gasteiger partial charge in [-0.15, -0.1) is 11.3 Å². The lowest BCUT2D eigenvalue weighted by Gasteiger charge is -1.96. The summed E-state index contributed by atoms with van der Waals surface area (Å²) in [6.45, 7) is 1.78. The number of carbonyl (C=O) groups excluding carboxylic acids is 1. The number of thiophene rings is 1. The Hall–Kier alpha value is -1.88. The lowest BCUT2D eigenvalue weighted by molar-refractivity contribution is 0.0480. The molecule has 0 bridgehead atoms. The van der Waals surface area contributed by atoms with Gasteiger partial charge in [0.1, 0.15) is 0 Å². The first-order valence-electron chi connectivity index (χ1n) is 4.60. The largest absolute Gasteiger partial charge is 0.457 e. The molecule has 0 N–H and O–H groups in total. The van der Waals surface area contributed by atoms with E-state index in [1.54, 1.807) is 13.0 Å². The van der Waals surface area contributed by atoms with Crippen molar-refractivity contribution in [3.63, 3.8) is 0 Å². The first kappa shape index (κ1) is 10.6. The van der Waals surface area contributed by atoms with Crippen molar-refractivity contribution >= 4 is 23.0 Å². The maximum atomic E-state index is 11.4. The second-order valence-corrected chi connectivity index (χ2v) is 3.96. The molecular formula is C11H9NO3S. The van der Waals surface area contributed by atoms with Crippen LogP contribution in [0.5, 0.6) is 0 Å². The minimum atomic E-state index is -0.596. The van der Waals surface area contributed by atoms with Crippen LogP contribution in [-0.4, -0.2) is 11.7 Å². The van der Waals surface area contributed by atoms with Crippen LogP contribution in [0.15, 0.2) is 45.5 Å². The van der Waals surface area contributed by atoms with Gasteiger partial charge in [-0.05, 0) is 30.5 Å². The summed E-state index contributed by atoms with van der Waals surface area (Å²) in [4.78, 5) is 17.1. The van der Waals surface area contributed by atoms with Gasteiger partial charge in [-0.3, -0.25) is 0 Å². The monoisotopic (exact) mass is 235 g/mol. The van der Waals surface area contributed by atoms with Crippen LogP contribution < -0.4 is 0 Å². The summed E-state index contributed by atoms with van der Waals surface area (Å²) in [7, 11) is 0. The van der Waals surface area contributed by atoms with E-state index < -0.39 is 5.97 Å². The van der Waals surface area contributed by atoms with Crippen LogP contribution in [-0.2, 0) is 4.84 Å². The van der Waals surface area contributed by atoms with Crippen molar-refractivity contribution in [1.82, 2.24) is 0 Å². The summed E-state index contributed by atoms with van der Waals surface area (Å²) < 4.78 is 4.88. The lowest BCUT2D eigenvalue weighted by atomic mass is 10.3. The molecule has 0 saturated carbocycles. The molecule has 16 heavy (non-hydrogen) atoms. The molecule has 0 atom stereocenters. The standard InChI is InChI=1S/C11H9NO3S/c1-8(10-5-3-7-16-10)12-15-11(13)9-4-2-6-14-9/h2-7H,1H3/b12-8-. The highest BCUT2D eigenvalue weighted by Gasteiger charge is 2.10. The summed E-state index contributed by atoms with van der Waals surface area (Å²) >= 11 is 1.53. The number of hydrogen-bond acceptors (Lipinski definition) is 5. The minimum absolute atomic E-state index is 0.141. The maximum absolute atomic E-state index is 11.4. The van der Waals surface area contributed by atoms with Gasteiger partial charge in [0.25, 0.3) is 0 Å². The number of nitrogens with zero attached hydrogens (tertiary/aromatic N) is 1. The van der Waals surface area contributed by atoms with Gasteiger partial charge in [0.2, 0.25) is 5.76 Å². The van der Waals surface area contributed by atoms with Gasteiger partial charge in [-0.1, -0.05) is 11.2 Å². The molecule has 0 aliphatic carbocycles. The highest BCUT2D eigenvalue weighted by Crippen LogP contribution is 2.10. The molecule has 2 aromatic rings. The molecule has 0 fully saturated rings. The Bertz CT molecular complexity index is 485. The zero-order valence-corrected chi connectivity index (χ0v) is 9.36. The quantitative estimate of drug-likeness (QED) is 0.467. The molecule has 2 rings (SSSR count). The molecule has 0 spiro atoms. The Balaban J connectivity index is 2.02. The van der Waals surface area contributed by atoms with Crippen molar-refractivity contribution in [3.8, 4) is 0 Å². The van der Waals surface area contributed by atoms with Crippen LogP contribution in [0.25, 0.3) is 0 Å². The van der Waals surface area contributed by atoms with Gasteiger partial charge in [0.15, 0.2) is 0 Å². The Morgan fingerprint density at radius 2 is 2.31 bits per heavy atom. The van der Waals surface area contributed by atoms with Gasteiger partial charge in [0, 0.05) is 0 Å². The average molecular weight is 235 g/mol. The highest BCUT2D eigenvalue weighted by atomic mass is 32.1. The van der Waals surface area contributed by atoms with Crippen molar-refractivity contribution in [2.75, 3.05) is 0 Å². The topological polar surface area (TPSA) is 51.8 Å². The first-order valence-corrected chi connectivity index (χ1v) is 5.48. The molecule has 0 unspecified atom stereocenters. The molecular weight excluding hydrogens is 226 g/mol. The molecule has 2 heterocycles. The van der Waals surface area contributed by atoms with E-state index in [1.807, 2.05) is 17.5 Å². The van der Waals surface area contributed by atoms with Gasteiger partial charge < -0.3 is 9.25 Å². The van der Waals surface area contributed by atoms with Crippen molar-refractivity contribution in [1.29, 1.82) is 0 Å². The SMILES string of the molecule is C/C(=N/OC(=O)c1ccco1)c1cccs1. The molecule has 0 aliphatic rings. The van der Waals surface area contributed by atoms with E-state index in [0.29, 0.717) is 5.71 Å². The molecule has 2 aromatic heterocycles. The summed E-state index contributed by atoms with van der Waals surface area (Å²) in [5, 5.41) is 5.67. The van der Waals surface area contributed by atoms with E-state index >= 15 is 0 Å². The molecule has 0 amide bonds. The predicted molar refractivity (Wildman–Crippen MR) is 60.7 cm³/mol. The molecule has 82 valence electrons. The number of carbonyl (C=O) groups is 1. The lowest BCUT2D eigenvalue weighted by Crippen LogP contribution is -2.01. The summed E-state index contributed by atoms with van der Waals surface area (Å²) in [6.07, 6.45) is 1.41. The second-order valence-electron chi connectivity index (χ2n) is 3.01. The fraction of sp³-hybridized carbons (Fsp3) is 0.0909. The van der Waals surface area contributed by atoms with E-state index in [9.17, 15) is 4.79 Å². The summed E-state index contributed by atoms with van der Waals surface area (Å²) in [6, 6.07) is 6.96. The molecule has 0 radical (unpaired) electrons. The van der Waals surface area contributed by atoms with Gasteiger partial charge in [-0.2, -0.15) is 0 Å². The minimum Gasteiger partial charge on any atom is -0.457 e. The third-order valence-electron chi connectivity index (χ3n) is 1.87. The van der Waals surface area contributed by atoms with Crippen LogP contribution >= 0.6 is 11.3 Å². The predicted octanol–water partition coefficient (Wildman–Crippen LogP) is 2.92. The number of oxime groups is 1. The fourth-order valence-corrected chi connectivity index (χ4v) is 1.75. The smallest absolute Gasteiger partial charge is 0.400 e. The van der Waals surface area contributed by atoms with Crippen LogP contribution in [0.2, 0.25) is 0 Å². The van der Waals surface area contributed by atoms with Crippen LogP contribution in [0.4, 0.5) is 0 Å². The van der Waals surface area contributed by atoms with Gasteiger partial charge in [-0.25, -0.2) is 4.79 Å². The highest BCUT2D eigenvalue weighted by molar-refractivity contribution is 7.12. The van der Waals surface area contributed by atoms with Crippen molar-refractivity contribution in [3.05, 3.63) is 46.5 Å². The van der Waals surface area contributed by atoms with E-state index in [0.717, 1.165) is 4.88 Å². The fourth-order valence-electron chi connectivity index (χ4n) is 1.08. The maximum Gasteiger partial charge on any atom is 0.400 e. The van der Waals surface area contributed by atoms with E-state index in [2.05, 4.69) is 5.16 Å². The second kappa shape index (κ2) is 4.76. The molecule has 0 saturated heterocycles. The first-order chi connectivity index (χ1) is 7.77. The molecule has 5 heteroatoms. The average Bonchev–Trinajstić information content (AvgIpc) is 2.95. The van der Waals surface area contributed by atoms with Gasteiger partial charge >= 0.3 is 5.97 Å². The Kier molecular flexibility index (Phi) is 3.16. The normalized spacial score (nSPS) is 11.4. The summed E-state index contributed by atoms with van der Waals surface area (Å²) in [5.74, 6) is -0.455.